The number of allylic oxidation sites excluding steroid dienone is 2. The Bertz CT molecular complexity index is 649. The van der Waals surface area contributed by atoms with Gasteiger partial charge in [0.1, 0.15) is 0 Å². The van der Waals surface area contributed by atoms with Crippen molar-refractivity contribution in [1.82, 2.24) is 4.90 Å². The first-order chi connectivity index (χ1) is 13.7. The SMILES string of the molecule is CN(C)[C@@]1(c2ccccc2)C=CC=CC1P(C1CCCCC1)C1CCCCC1. The molecule has 4 rings (SSSR count). The van der Waals surface area contributed by atoms with Gasteiger partial charge in [-0.15, -0.1) is 0 Å². The average molecular weight is 396 g/mol. The molecule has 3 aliphatic carbocycles. The van der Waals surface area contributed by atoms with Gasteiger partial charge in [0, 0.05) is 5.66 Å². The number of nitrogens with zero attached hydrogens (tertiary/aromatic N) is 1. The topological polar surface area (TPSA) is 3.24 Å². The van der Waals surface area contributed by atoms with Gasteiger partial charge < -0.3 is 0 Å². The van der Waals surface area contributed by atoms with Gasteiger partial charge in [-0.1, -0.05) is 101 Å². The molecule has 0 saturated heterocycles. The molecule has 2 fully saturated rings. The van der Waals surface area contributed by atoms with Gasteiger partial charge in [0.25, 0.3) is 0 Å². The molecule has 0 radical (unpaired) electrons. The molecule has 1 unspecified atom stereocenters. The van der Waals surface area contributed by atoms with Crippen LogP contribution in [-0.2, 0) is 5.54 Å². The maximum Gasteiger partial charge on any atom is 0.0747 e. The molecule has 0 N–H and O–H groups in total. The second-order valence-corrected chi connectivity index (χ2v) is 12.2. The maximum atomic E-state index is 2.61. The zero-order valence-corrected chi connectivity index (χ0v) is 18.8. The van der Waals surface area contributed by atoms with Crippen LogP contribution in [0, 0.1) is 0 Å². The number of hydrogen-bond acceptors (Lipinski definition) is 1. The number of rotatable bonds is 5. The van der Waals surface area contributed by atoms with Crippen LogP contribution in [0.4, 0.5) is 0 Å². The highest BCUT2D eigenvalue weighted by atomic mass is 31.1. The van der Waals surface area contributed by atoms with Crippen molar-refractivity contribution in [3.05, 3.63) is 60.2 Å². The highest BCUT2D eigenvalue weighted by Gasteiger charge is 2.48. The maximum absolute atomic E-state index is 2.61. The summed E-state index contributed by atoms with van der Waals surface area (Å²) in [7, 11) is 4.57. The molecular formula is C26H38NP. The minimum atomic E-state index is -0.0388. The van der Waals surface area contributed by atoms with Crippen LogP contribution in [0.25, 0.3) is 0 Å². The zero-order valence-electron chi connectivity index (χ0n) is 17.9. The van der Waals surface area contributed by atoms with Crippen molar-refractivity contribution < 1.29 is 0 Å². The highest BCUT2D eigenvalue weighted by molar-refractivity contribution is 7.60. The summed E-state index contributed by atoms with van der Waals surface area (Å²) in [5.41, 5.74) is 4.06. The monoisotopic (exact) mass is 395 g/mol. The van der Waals surface area contributed by atoms with Gasteiger partial charge >= 0.3 is 0 Å². The molecule has 1 aromatic rings. The Kier molecular flexibility index (Phi) is 6.74. The van der Waals surface area contributed by atoms with Crippen molar-refractivity contribution in [2.45, 2.75) is 86.7 Å². The lowest BCUT2D eigenvalue weighted by Crippen LogP contribution is -2.50. The third-order valence-corrected chi connectivity index (χ3v) is 11.4. The van der Waals surface area contributed by atoms with E-state index in [2.05, 4.69) is 73.6 Å². The predicted octanol–water partition coefficient (Wildman–Crippen LogP) is 7.09. The lowest BCUT2D eigenvalue weighted by atomic mass is 9.82. The molecule has 2 heteroatoms. The van der Waals surface area contributed by atoms with Crippen LogP contribution >= 0.6 is 7.92 Å². The molecule has 0 heterocycles. The van der Waals surface area contributed by atoms with Crippen LogP contribution in [0.5, 0.6) is 0 Å². The fourth-order valence-electron chi connectivity index (χ4n) is 6.10. The van der Waals surface area contributed by atoms with E-state index in [1.807, 2.05) is 0 Å². The molecule has 1 aromatic carbocycles. The van der Waals surface area contributed by atoms with Crippen LogP contribution in [0.1, 0.15) is 69.8 Å². The third kappa shape index (κ3) is 3.90. The summed E-state index contributed by atoms with van der Waals surface area (Å²) in [6.07, 6.45) is 24.5. The number of benzene rings is 1. The fraction of sp³-hybridized carbons (Fsp3) is 0.615. The second kappa shape index (κ2) is 9.27. The van der Waals surface area contributed by atoms with Crippen molar-refractivity contribution in [3.8, 4) is 0 Å². The summed E-state index contributed by atoms with van der Waals surface area (Å²) in [4.78, 5) is 2.52. The van der Waals surface area contributed by atoms with Gasteiger partial charge in [0.15, 0.2) is 0 Å². The van der Waals surface area contributed by atoms with E-state index in [1.165, 1.54) is 69.8 Å². The second-order valence-electron chi connectivity index (χ2n) is 9.31. The van der Waals surface area contributed by atoms with E-state index in [0.29, 0.717) is 5.66 Å². The molecule has 2 saturated carbocycles. The van der Waals surface area contributed by atoms with Crippen LogP contribution in [-0.4, -0.2) is 36.0 Å². The molecule has 0 aromatic heterocycles. The van der Waals surface area contributed by atoms with Crippen molar-refractivity contribution >= 4 is 7.92 Å². The van der Waals surface area contributed by atoms with Gasteiger partial charge in [0.2, 0.25) is 0 Å². The molecule has 2 atom stereocenters. The summed E-state index contributed by atoms with van der Waals surface area (Å²) < 4.78 is 0. The summed E-state index contributed by atoms with van der Waals surface area (Å²) in [5, 5.41) is 0. The quantitative estimate of drug-likeness (QED) is 0.481. The summed E-state index contributed by atoms with van der Waals surface area (Å²) >= 11 is 0. The Morgan fingerprint density at radius 1 is 0.786 bits per heavy atom. The van der Waals surface area contributed by atoms with Crippen molar-refractivity contribution in [3.63, 3.8) is 0 Å². The van der Waals surface area contributed by atoms with Gasteiger partial charge in [-0.3, -0.25) is 4.90 Å². The third-order valence-electron chi connectivity index (χ3n) is 7.50. The molecule has 0 amide bonds. The van der Waals surface area contributed by atoms with Crippen LogP contribution < -0.4 is 0 Å². The zero-order chi connectivity index (χ0) is 19.4. The number of likely N-dealkylation sites (N-methyl/N-ethyl adjacent to an activating group) is 1. The standard InChI is InChI=1S/C26H38NP/c1-27(2)26(22-14-6-3-7-15-22)21-13-12-20-25(26)28(23-16-8-4-9-17-23)24-18-10-5-11-19-24/h3,6-7,12-15,20-21,23-25H,4-5,8-11,16-19H2,1-2H3/t25?,26-/m1/s1. The van der Waals surface area contributed by atoms with Gasteiger partial charge in [-0.05, 0) is 56.7 Å². The Labute approximate surface area is 174 Å². The summed E-state index contributed by atoms with van der Waals surface area (Å²) in [5.74, 6) is 0. The molecular weight excluding hydrogens is 357 g/mol. The van der Waals surface area contributed by atoms with E-state index < -0.39 is 0 Å². The predicted molar refractivity (Wildman–Crippen MR) is 125 cm³/mol. The first-order valence-electron chi connectivity index (χ1n) is 11.6. The average Bonchev–Trinajstić information content (AvgIpc) is 2.76. The van der Waals surface area contributed by atoms with Gasteiger partial charge in [-0.25, -0.2) is 0 Å². The molecule has 152 valence electrons. The van der Waals surface area contributed by atoms with E-state index in [1.54, 1.807) is 0 Å². The summed E-state index contributed by atoms with van der Waals surface area (Å²) in [6.45, 7) is 0. The molecule has 28 heavy (non-hydrogen) atoms. The van der Waals surface area contributed by atoms with Crippen LogP contribution in [0.2, 0.25) is 0 Å². The van der Waals surface area contributed by atoms with E-state index in [4.69, 9.17) is 0 Å². The van der Waals surface area contributed by atoms with Crippen molar-refractivity contribution in [2.75, 3.05) is 14.1 Å². The lowest BCUT2D eigenvalue weighted by Gasteiger charge is -2.52. The molecule has 0 aliphatic heterocycles. The Morgan fingerprint density at radius 3 is 1.89 bits per heavy atom. The minimum Gasteiger partial charge on any atom is -0.296 e. The van der Waals surface area contributed by atoms with Crippen molar-refractivity contribution in [1.29, 1.82) is 0 Å². The Hall–Kier alpha value is -0.910. The minimum absolute atomic E-state index is 0.0105. The first kappa shape index (κ1) is 20.4. The van der Waals surface area contributed by atoms with Crippen LogP contribution in [0.3, 0.4) is 0 Å². The summed E-state index contributed by atoms with van der Waals surface area (Å²) in [6, 6.07) is 11.4. The fourth-order valence-corrected chi connectivity index (χ4v) is 10.7. The molecule has 1 nitrogen and oxygen atoms in total. The molecule has 0 bridgehead atoms. The van der Waals surface area contributed by atoms with Gasteiger partial charge in [-0.2, -0.15) is 0 Å². The van der Waals surface area contributed by atoms with Crippen molar-refractivity contribution in [2.24, 2.45) is 0 Å². The highest BCUT2D eigenvalue weighted by Crippen LogP contribution is 2.64. The normalized spacial score (nSPS) is 29.6. The van der Waals surface area contributed by atoms with E-state index in [0.717, 1.165) is 11.3 Å². The lowest BCUT2D eigenvalue weighted by molar-refractivity contribution is 0.213. The Balaban J connectivity index is 1.77. The molecule has 3 aliphatic rings. The Morgan fingerprint density at radius 2 is 1.36 bits per heavy atom. The largest absolute Gasteiger partial charge is 0.296 e. The van der Waals surface area contributed by atoms with Crippen LogP contribution in [0.15, 0.2) is 54.6 Å². The molecule has 0 spiro atoms. The van der Waals surface area contributed by atoms with E-state index in [9.17, 15) is 0 Å². The smallest absolute Gasteiger partial charge is 0.0747 e. The van der Waals surface area contributed by atoms with E-state index in [-0.39, 0.29) is 13.5 Å². The van der Waals surface area contributed by atoms with E-state index >= 15 is 0 Å². The van der Waals surface area contributed by atoms with Gasteiger partial charge in [0.05, 0.1) is 5.54 Å². The first-order valence-corrected chi connectivity index (χ1v) is 13.1. The number of hydrogen-bond donors (Lipinski definition) is 0.